The van der Waals surface area contributed by atoms with Gasteiger partial charge in [-0.1, -0.05) is 35.9 Å². The minimum absolute atomic E-state index is 0.0492. The number of rotatable bonds is 1. The summed E-state index contributed by atoms with van der Waals surface area (Å²) in [5.41, 5.74) is 5.94. The molecule has 0 unspecified atom stereocenters. The summed E-state index contributed by atoms with van der Waals surface area (Å²) in [4.78, 5) is 0. The summed E-state index contributed by atoms with van der Waals surface area (Å²) in [6.45, 7) is 0. The third kappa shape index (κ3) is 1.82. The maximum absolute atomic E-state index is 9.79. The highest BCUT2D eigenvalue weighted by atomic mass is 35.5. The smallest absolute Gasteiger partial charge is 0.423 e. The summed E-state index contributed by atoms with van der Waals surface area (Å²) in [5, 5.41) is 20.4. The number of hydrogen-bond acceptors (Lipinski definition) is 2. The summed E-state index contributed by atoms with van der Waals surface area (Å²) in [7, 11) is -1.42. The van der Waals surface area contributed by atoms with Gasteiger partial charge in [0.05, 0.1) is 0 Å². The van der Waals surface area contributed by atoms with Gasteiger partial charge in [0, 0.05) is 10.4 Å². The standard InChI is InChI=1S/C22H22BClO2/c24-17-2-4-20-19(11-17)18-3-1-16(23(25)26)10-21(18)22(20)14-6-12-5-13(8-14)9-15(22)7-12/h1-4,10-15,25-26H,5-9H2. The van der Waals surface area contributed by atoms with Crippen molar-refractivity contribution in [3.05, 3.63) is 52.5 Å². The first-order valence-electron chi connectivity index (χ1n) is 9.88. The van der Waals surface area contributed by atoms with Crippen LogP contribution in [0, 0.1) is 23.7 Å². The van der Waals surface area contributed by atoms with Gasteiger partial charge in [-0.2, -0.15) is 0 Å². The van der Waals surface area contributed by atoms with Gasteiger partial charge < -0.3 is 10.0 Å². The van der Waals surface area contributed by atoms with Gasteiger partial charge in [0.15, 0.2) is 0 Å². The summed E-state index contributed by atoms with van der Waals surface area (Å²) in [6.07, 6.45) is 6.71. The molecule has 0 aliphatic heterocycles. The van der Waals surface area contributed by atoms with Gasteiger partial charge >= 0.3 is 7.12 Å². The summed E-state index contributed by atoms with van der Waals surface area (Å²) < 4.78 is 0. The van der Waals surface area contributed by atoms with Crippen molar-refractivity contribution in [1.82, 2.24) is 0 Å². The molecule has 0 saturated heterocycles. The lowest BCUT2D eigenvalue weighted by molar-refractivity contribution is -0.0399. The van der Waals surface area contributed by atoms with Crippen molar-refractivity contribution in [3.63, 3.8) is 0 Å². The molecule has 7 rings (SSSR count). The van der Waals surface area contributed by atoms with Crippen LogP contribution in [0.4, 0.5) is 0 Å². The van der Waals surface area contributed by atoms with Crippen LogP contribution < -0.4 is 5.46 Å². The molecule has 26 heavy (non-hydrogen) atoms. The largest absolute Gasteiger partial charge is 0.488 e. The average Bonchev–Trinajstić information content (AvgIpc) is 2.89. The van der Waals surface area contributed by atoms with E-state index < -0.39 is 7.12 Å². The molecule has 2 N–H and O–H groups in total. The molecular formula is C22H22BClO2. The first kappa shape index (κ1) is 15.7. The third-order valence-electron chi connectivity index (χ3n) is 7.93. The predicted octanol–water partition coefficient (Wildman–Crippen LogP) is 3.74. The Bertz CT molecular complexity index is 894. The molecule has 2 nitrogen and oxygen atoms in total. The fraction of sp³-hybridized carbons (Fsp3) is 0.455. The van der Waals surface area contributed by atoms with Gasteiger partial charge in [-0.3, -0.25) is 0 Å². The normalized spacial score (nSPS) is 35.7. The highest BCUT2D eigenvalue weighted by Gasteiger charge is 2.61. The van der Waals surface area contributed by atoms with Gasteiger partial charge in [0.25, 0.3) is 0 Å². The topological polar surface area (TPSA) is 40.5 Å². The molecule has 0 aromatic heterocycles. The van der Waals surface area contributed by atoms with Crippen LogP contribution in [0.3, 0.4) is 0 Å². The van der Waals surface area contributed by atoms with Crippen LogP contribution in [0.5, 0.6) is 0 Å². The highest BCUT2D eigenvalue weighted by Crippen LogP contribution is 2.69. The Morgan fingerprint density at radius 3 is 2.15 bits per heavy atom. The van der Waals surface area contributed by atoms with Gasteiger partial charge in [-0.05, 0) is 95.6 Å². The number of fused-ring (bicyclic) bond motifs is 3. The summed E-state index contributed by atoms with van der Waals surface area (Å²) >= 11 is 6.37. The van der Waals surface area contributed by atoms with E-state index >= 15 is 0 Å². The second-order valence-corrected chi connectivity index (χ2v) is 9.48. The second-order valence-electron chi connectivity index (χ2n) is 9.04. The van der Waals surface area contributed by atoms with Crippen LogP contribution in [-0.2, 0) is 5.41 Å². The first-order chi connectivity index (χ1) is 12.6. The molecule has 5 aliphatic rings. The van der Waals surface area contributed by atoms with Crippen molar-refractivity contribution < 1.29 is 10.0 Å². The number of halogens is 1. The van der Waals surface area contributed by atoms with Crippen LogP contribution in [0.2, 0.25) is 5.02 Å². The van der Waals surface area contributed by atoms with E-state index in [0.29, 0.717) is 17.3 Å². The van der Waals surface area contributed by atoms with Crippen molar-refractivity contribution in [2.75, 3.05) is 0 Å². The molecule has 4 heteroatoms. The molecule has 132 valence electrons. The van der Waals surface area contributed by atoms with Crippen molar-refractivity contribution >= 4 is 24.2 Å². The molecule has 5 aliphatic carbocycles. The quantitative estimate of drug-likeness (QED) is 0.757. The van der Waals surface area contributed by atoms with E-state index in [1.165, 1.54) is 54.4 Å². The second kappa shape index (κ2) is 5.16. The zero-order valence-electron chi connectivity index (χ0n) is 14.7. The van der Waals surface area contributed by atoms with Crippen molar-refractivity contribution in [2.24, 2.45) is 23.7 Å². The van der Waals surface area contributed by atoms with Gasteiger partial charge in [0.2, 0.25) is 0 Å². The zero-order valence-corrected chi connectivity index (χ0v) is 15.4. The van der Waals surface area contributed by atoms with E-state index in [1.54, 1.807) is 0 Å². The van der Waals surface area contributed by atoms with E-state index in [-0.39, 0.29) is 5.41 Å². The average molecular weight is 365 g/mol. The van der Waals surface area contributed by atoms with E-state index in [0.717, 1.165) is 16.9 Å². The molecular weight excluding hydrogens is 343 g/mol. The fourth-order valence-electron chi connectivity index (χ4n) is 7.35. The van der Waals surface area contributed by atoms with E-state index in [4.69, 9.17) is 11.6 Å². The minimum Gasteiger partial charge on any atom is -0.423 e. The maximum Gasteiger partial charge on any atom is 0.488 e. The van der Waals surface area contributed by atoms with E-state index in [9.17, 15) is 10.0 Å². The van der Waals surface area contributed by atoms with E-state index in [1.807, 2.05) is 12.1 Å². The third-order valence-corrected chi connectivity index (χ3v) is 8.17. The lowest BCUT2D eigenvalue weighted by atomic mass is 9.43. The van der Waals surface area contributed by atoms with Crippen LogP contribution in [0.25, 0.3) is 11.1 Å². The SMILES string of the molecule is OB(O)c1ccc2c(c1)C1(c3ccc(Cl)cc3-2)C2CC3CC(C2)CC1C3. The molecule has 0 radical (unpaired) electrons. The Morgan fingerprint density at radius 2 is 1.50 bits per heavy atom. The molecule has 0 heterocycles. The van der Waals surface area contributed by atoms with Crippen LogP contribution in [0.15, 0.2) is 36.4 Å². The lowest BCUT2D eigenvalue weighted by Crippen LogP contribution is -2.55. The minimum atomic E-state index is -1.42. The Morgan fingerprint density at radius 1 is 0.808 bits per heavy atom. The number of benzene rings is 2. The molecule has 4 fully saturated rings. The summed E-state index contributed by atoms with van der Waals surface area (Å²) in [5.74, 6) is 3.14. The monoisotopic (exact) mass is 364 g/mol. The fourth-order valence-corrected chi connectivity index (χ4v) is 7.52. The van der Waals surface area contributed by atoms with E-state index in [2.05, 4.69) is 24.3 Å². The van der Waals surface area contributed by atoms with Crippen LogP contribution in [0.1, 0.15) is 43.2 Å². The molecule has 1 spiro atoms. The molecule has 0 amide bonds. The van der Waals surface area contributed by atoms with Gasteiger partial charge in [-0.15, -0.1) is 0 Å². The van der Waals surface area contributed by atoms with Gasteiger partial charge in [-0.25, -0.2) is 0 Å². The Kier molecular flexibility index (Phi) is 3.12. The molecule has 4 bridgehead atoms. The Hall–Kier alpha value is -1.29. The number of hydrogen-bond donors (Lipinski definition) is 2. The van der Waals surface area contributed by atoms with Crippen molar-refractivity contribution in [1.29, 1.82) is 0 Å². The molecule has 2 aromatic rings. The highest BCUT2D eigenvalue weighted by molar-refractivity contribution is 6.58. The predicted molar refractivity (Wildman–Crippen MR) is 105 cm³/mol. The Balaban J connectivity index is 1.66. The van der Waals surface area contributed by atoms with Crippen LogP contribution in [-0.4, -0.2) is 17.2 Å². The van der Waals surface area contributed by atoms with Crippen molar-refractivity contribution in [3.8, 4) is 11.1 Å². The molecule has 2 aromatic carbocycles. The zero-order chi connectivity index (χ0) is 17.6. The summed E-state index contributed by atoms with van der Waals surface area (Å²) in [6, 6.07) is 12.4. The maximum atomic E-state index is 9.79. The van der Waals surface area contributed by atoms with Crippen LogP contribution >= 0.6 is 11.6 Å². The van der Waals surface area contributed by atoms with Gasteiger partial charge in [0.1, 0.15) is 0 Å². The van der Waals surface area contributed by atoms with Crippen molar-refractivity contribution in [2.45, 2.75) is 37.5 Å². The molecule has 4 saturated carbocycles. The molecule has 0 atom stereocenters. The first-order valence-corrected chi connectivity index (χ1v) is 10.3. The lowest BCUT2D eigenvalue weighted by Gasteiger charge is -2.61. The Labute approximate surface area is 159 Å².